The maximum absolute atomic E-state index is 6.01. The van der Waals surface area contributed by atoms with Crippen LogP contribution in [-0.4, -0.2) is 39.9 Å². The lowest BCUT2D eigenvalue weighted by atomic mass is 9.81. The van der Waals surface area contributed by atoms with Crippen molar-refractivity contribution in [2.24, 2.45) is 0 Å². The van der Waals surface area contributed by atoms with Crippen molar-refractivity contribution in [2.45, 2.75) is 250 Å². The zero-order chi connectivity index (χ0) is 58.3. The molecule has 8 heteroatoms. The Balaban J connectivity index is 1.36. The molecule has 4 aliphatic heterocycles. The summed E-state index contributed by atoms with van der Waals surface area (Å²) in [4.78, 5) is 40.1. The molecule has 0 spiro atoms. The van der Waals surface area contributed by atoms with Crippen LogP contribution in [0.3, 0.4) is 0 Å². The largest absolute Gasteiger partial charge is 0.355 e. The quantitative estimate of drug-likeness (QED) is 0.0647. The number of hydrogen-bond acceptors (Lipinski definition) is 4. The summed E-state index contributed by atoms with van der Waals surface area (Å²) in [5, 5.41) is 0. The second-order valence-electron chi connectivity index (χ2n) is 23.7. The maximum Gasteiger partial charge on any atom is 0.0722 e. The fourth-order valence-corrected chi connectivity index (χ4v) is 16.1. The highest BCUT2D eigenvalue weighted by atomic mass is 14.8. The highest BCUT2D eigenvalue weighted by Crippen LogP contribution is 2.49. The SMILES string of the molecule is CCC1=C(CC)c2nc1cc1[nH]c(cc3[nH]c(cc4nc(c2CCc2c5nc(cc6[nH]c(cc7[nH]c(cc8nc2C(CC)C8CC)c(CC)c7CC)c(CC)c6CC)C(CC)=C5CC)C(CC)C4CC)c(CC)c3CC)c(CC)c1CC. The number of aromatic amines is 4. The third-order valence-corrected chi connectivity index (χ3v) is 20.0. The first kappa shape index (κ1) is 58.9. The van der Waals surface area contributed by atoms with Gasteiger partial charge in [-0.05, 0) is 219 Å². The molecular formula is C74H98N8. The van der Waals surface area contributed by atoms with Crippen molar-refractivity contribution in [3.8, 4) is 0 Å². The van der Waals surface area contributed by atoms with E-state index in [0.717, 1.165) is 138 Å². The van der Waals surface area contributed by atoms with E-state index in [4.69, 9.17) is 19.9 Å². The van der Waals surface area contributed by atoms with Crippen LogP contribution in [0.1, 0.15) is 287 Å². The summed E-state index contributed by atoms with van der Waals surface area (Å²) in [5.74, 6) is 1.07. The van der Waals surface area contributed by atoms with Crippen LogP contribution in [0.2, 0.25) is 0 Å². The number of aromatic nitrogens is 8. The molecule has 10 rings (SSSR count). The molecule has 0 amide bonds. The second-order valence-corrected chi connectivity index (χ2v) is 23.7. The second kappa shape index (κ2) is 24.9. The summed E-state index contributed by atoms with van der Waals surface area (Å²) in [7, 11) is 0. The molecule has 6 aromatic heterocycles. The average molecular weight is 1100 g/mol. The highest BCUT2D eigenvalue weighted by molar-refractivity contribution is 5.95. The van der Waals surface area contributed by atoms with Gasteiger partial charge in [0.15, 0.2) is 0 Å². The topological polar surface area (TPSA) is 115 Å². The molecule has 10 heterocycles. The lowest BCUT2D eigenvalue weighted by Crippen LogP contribution is -2.11. The van der Waals surface area contributed by atoms with Gasteiger partial charge in [0.2, 0.25) is 0 Å². The van der Waals surface area contributed by atoms with Crippen LogP contribution in [0.5, 0.6) is 0 Å². The molecule has 0 radical (unpaired) electrons. The molecule has 4 unspecified atom stereocenters. The Morgan fingerprint density at radius 3 is 0.768 bits per heavy atom. The summed E-state index contributed by atoms with van der Waals surface area (Å²) in [6, 6.07) is 14.5. The molecular weight excluding hydrogens is 1000 g/mol. The van der Waals surface area contributed by atoms with E-state index in [9.17, 15) is 0 Å². The van der Waals surface area contributed by atoms with E-state index in [1.165, 1.54) is 145 Å². The number of rotatable bonds is 19. The van der Waals surface area contributed by atoms with Gasteiger partial charge in [0.05, 0.1) is 22.8 Å². The molecule has 0 saturated heterocycles. The average Bonchev–Trinajstić information content (AvgIpc) is 4.25. The van der Waals surface area contributed by atoms with Crippen molar-refractivity contribution in [1.82, 2.24) is 39.9 Å². The van der Waals surface area contributed by atoms with Crippen molar-refractivity contribution in [2.75, 3.05) is 0 Å². The normalized spacial score (nSPS) is 17.3. The summed E-state index contributed by atoms with van der Waals surface area (Å²) in [6.45, 7) is 37.5. The van der Waals surface area contributed by atoms with E-state index in [0.29, 0.717) is 0 Å². The Morgan fingerprint density at radius 2 is 0.524 bits per heavy atom. The molecule has 4 atom stereocenters. The van der Waals surface area contributed by atoms with E-state index in [-0.39, 0.29) is 23.7 Å². The van der Waals surface area contributed by atoms with E-state index in [1.54, 1.807) is 0 Å². The first-order valence-electron chi connectivity index (χ1n) is 33.0. The minimum absolute atomic E-state index is 0.251. The van der Waals surface area contributed by atoms with Gasteiger partial charge in [-0.25, -0.2) is 9.97 Å². The molecule has 0 aliphatic carbocycles. The van der Waals surface area contributed by atoms with Crippen LogP contribution in [0.15, 0.2) is 36.4 Å². The number of allylic oxidation sites excluding steroid dienone is 4. The van der Waals surface area contributed by atoms with Gasteiger partial charge in [0.25, 0.3) is 0 Å². The van der Waals surface area contributed by atoms with Crippen molar-refractivity contribution in [3.05, 3.63) is 138 Å². The first-order valence-corrected chi connectivity index (χ1v) is 33.0. The number of aryl methyl sites for hydroxylation is 8. The molecule has 434 valence electrons. The lowest BCUT2D eigenvalue weighted by molar-refractivity contribution is 0.526. The van der Waals surface area contributed by atoms with Crippen LogP contribution in [-0.2, 0) is 64.2 Å². The van der Waals surface area contributed by atoms with E-state index in [2.05, 4.69) is 167 Å². The molecule has 4 aliphatic rings. The predicted octanol–water partition coefficient (Wildman–Crippen LogP) is 20.1. The summed E-state index contributed by atoms with van der Waals surface area (Å²) in [6.07, 6.45) is 16.9. The Kier molecular flexibility index (Phi) is 17.9. The van der Waals surface area contributed by atoms with Crippen molar-refractivity contribution in [1.29, 1.82) is 0 Å². The third-order valence-electron chi connectivity index (χ3n) is 20.0. The maximum atomic E-state index is 6.01. The van der Waals surface area contributed by atoms with Gasteiger partial charge in [-0.15, -0.1) is 0 Å². The van der Waals surface area contributed by atoms with Gasteiger partial charge in [0.1, 0.15) is 0 Å². The van der Waals surface area contributed by atoms with Crippen molar-refractivity contribution >= 4 is 66.4 Å². The molecule has 82 heavy (non-hydrogen) atoms. The monoisotopic (exact) mass is 1100 g/mol. The van der Waals surface area contributed by atoms with Crippen molar-refractivity contribution in [3.63, 3.8) is 0 Å². The fourth-order valence-electron chi connectivity index (χ4n) is 16.1. The van der Waals surface area contributed by atoms with Crippen LogP contribution in [0, 0.1) is 0 Å². The highest BCUT2D eigenvalue weighted by Gasteiger charge is 2.37. The lowest BCUT2D eigenvalue weighted by Gasteiger charge is -2.21. The molecule has 0 fully saturated rings. The zero-order valence-corrected chi connectivity index (χ0v) is 53.3. The van der Waals surface area contributed by atoms with Gasteiger partial charge in [-0.2, -0.15) is 0 Å². The number of nitrogens with zero attached hydrogens (tertiary/aromatic N) is 4. The molecule has 0 saturated carbocycles. The minimum atomic E-state index is 0.251. The Morgan fingerprint density at radius 1 is 0.268 bits per heavy atom. The summed E-state index contributed by atoms with van der Waals surface area (Å²) in [5.41, 5.74) is 38.3. The molecule has 8 nitrogen and oxygen atoms in total. The van der Waals surface area contributed by atoms with Crippen LogP contribution in [0.4, 0.5) is 0 Å². The molecule has 16 bridgehead atoms. The molecule has 6 aromatic rings. The van der Waals surface area contributed by atoms with Gasteiger partial charge in [-0.3, -0.25) is 9.97 Å². The van der Waals surface area contributed by atoms with Crippen LogP contribution < -0.4 is 0 Å². The first-order chi connectivity index (χ1) is 39.9. The van der Waals surface area contributed by atoms with Gasteiger partial charge in [-0.1, -0.05) is 111 Å². The minimum Gasteiger partial charge on any atom is -0.355 e. The number of fused-ring (bicyclic) bond motifs is 16. The van der Waals surface area contributed by atoms with E-state index >= 15 is 0 Å². The number of hydrogen-bond donors (Lipinski definition) is 4. The smallest absolute Gasteiger partial charge is 0.0722 e. The van der Waals surface area contributed by atoms with E-state index in [1.807, 2.05) is 0 Å². The van der Waals surface area contributed by atoms with Crippen LogP contribution >= 0.6 is 0 Å². The predicted molar refractivity (Wildman–Crippen MR) is 351 cm³/mol. The fraction of sp³-hybridized carbons (Fsp3) is 0.514. The number of nitrogens with one attached hydrogen (secondary N) is 4. The van der Waals surface area contributed by atoms with Crippen LogP contribution in [0.25, 0.3) is 66.4 Å². The third kappa shape index (κ3) is 9.87. The van der Waals surface area contributed by atoms with Gasteiger partial charge < -0.3 is 19.9 Å². The van der Waals surface area contributed by atoms with Gasteiger partial charge >= 0.3 is 0 Å². The zero-order valence-electron chi connectivity index (χ0n) is 53.3. The van der Waals surface area contributed by atoms with Gasteiger partial charge in [0, 0.05) is 102 Å². The molecule has 0 aromatic carbocycles. The Hall–Kier alpha value is -6.28. The molecule has 4 N–H and O–H groups in total. The Labute approximate surface area is 491 Å². The summed E-state index contributed by atoms with van der Waals surface area (Å²) >= 11 is 0. The number of H-pyrrole nitrogens is 4. The standard InChI is InChI=1S/C74H98N8/c1-17-41-45(21-5)63-37-67-49(25-9)53(29-13)71(79-67)57(72-54(30-14)50(26-10)68(80-72)38-64-46(22-6)42(18-2)60(76-64)35-59(41)75-63)33-34-58-73-55(31-15)51(27-11)69(81-73)39-65-47(23-7)43(19-3)61(77-65)36-62-44(20-4)48(24-8)66(78-62)40-70-52(28-12)56(32-16)74(58)82-70/h35-40,49,51,53,55,75-78H,17-34H2,1-16H3. The Bertz CT molecular complexity index is 3570. The summed E-state index contributed by atoms with van der Waals surface area (Å²) < 4.78 is 0. The van der Waals surface area contributed by atoms with E-state index < -0.39 is 0 Å². The van der Waals surface area contributed by atoms with Crippen molar-refractivity contribution < 1.29 is 0 Å².